The van der Waals surface area contributed by atoms with Gasteiger partial charge in [-0.25, -0.2) is 0 Å². The molecule has 1 heterocycles. The first-order valence-electron chi connectivity index (χ1n) is 7.20. The van der Waals surface area contributed by atoms with Crippen molar-refractivity contribution >= 4 is 17.2 Å². The molecule has 1 fully saturated rings. The van der Waals surface area contributed by atoms with Crippen LogP contribution in [0.5, 0.6) is 5.75 Å². The summed E-state index contributed by atoms with van der Waals surface area (Å²) in [6.45, 7) is 0.724. The zero-order chi connectivity index (χ0) is 14.7. The van der Waals surface area contributed by atoms with Gasteiger partial charge in [0.15, 0.2) is 0 Å². The zero-order valence-electron chi connectivity index (χ0n) is 12.1. The van der Waals surface area contributed by atoms with Crippen LogP contribution in [-0.2, 0) is 17.8 Å². The van der Waals surface area contributed by atoms with Gasteiger partial charge in [0, 0.05) is 18.2 Å². The Morgan fingerprint density at radius 3 is 2.81 bits per heavy atom. The summed E-state index contributed by atoms with van der Waals surface area (Å²) in [4.78, 5) is 14.7. The summed E-state index contributed by atoms with van der Waals surface area (Å²) >= 11 is 1.68. The molecule has 1 amide bonds. The fourth-order valence-corrected chi connectivity index (χ4v) is 3.16. The van der Waals surface area contributed by atoms with Crippen molar-refractivity contribution < 1.29 is 9.53 Å². The standard InChI is InChI=1S/C17H19NO2S/c1-20-16-5-3-2-4-14(16)10-17(19)18(15-6-7-15)11-13-8-9-21-12-13/h2-5,8-9,12,15H,6-7,10-11H2,1H3. The quantitative estimate of drug-likeness (QED) is 0.817. The van der Waals surface area contributed by atoms with E-state index in [1.54, 1.807) is 18.4 Å². The fourth-order valence-electron chi connectivity index (χ4n) is 2.50. The summed E-state index contributed by atoms with van der Waals surface area (Å²) in [5.41, 5.74) is 2.18. The lowest BCUT2D eigenvalue weighted by atomic mass is 10.1. The summed E-state index contributed by atoms with van der Waals surface area (Å²) in [5, 5.41) is 4.18. The maximum atomic E-state index is 12.7. The zero-order valence-corrected chi connectivity index (χ0v) is 12.9. The second-order valence-corrected chi connectivity index (χ2v) is 6.15. The van der Waals surface area contributed by atoms with Gasteiger partial charge in [-0.1, -0.05) is 18.2 Å². The topological polar surface area (TPSA) is 29.5 Å². The molecule has 0 bridgehead atoms. The first kappa shape index (κ1) is 14.1. The van der Waals surface area contributed by atoms with Gasteiger partial charge in [0.1, 0.15) is 5.75 Å². The lowest BCUT2D eigenvalue weighted by Crippen LogP contribution is -2.33. The Morgan fingerprint density at radius 1 is 1.33 bits per heavy atom. The van der Waals surface area contributed by atoms with Crippen LogP contribution >= 0.6 is 11.3 Å². The highest BCUT2D eigenvalue weighted by atomic mass is 32.1. The lowest BCUT2D eigenvalue weighted by Gasteiger charge is -2.22. The summed E-state index contributed by atoms with van der Waals surface area (Å²) in [5.74, 6) is 0.977. The molecule has 4 heteroatoms. The van der Waals surface area contributed by atoms with Gasteiger partial charge in [-0.2, -0.15) is 11.3 Å². The Balaban J connectivity index is 1.72. The van der Waals surface area contributed by atoms with E-state index in [4.69, 9.17) is 4.74 Å². The van der Waals surface area contributed by atoms with Gasteiger partial charge in [0.25, 0.3) is 0 Å². The summed E-state index contributed by atoms with van der Waals surface area (Å²) in [6, 6.07) is 10.3. The van der Waals surface area contributed by atoms with Crippen LogP contribution in [0.15, 0.2) is 41.1 Å². The number of para-hydroxylation sites is 1. The Kier molecular flexibility index (Phi) is 4.25. The van der Waals surface area contributed by atoms with Crippen molar-refractivity contribution in [2.75, 3.05) is 7.11 Å². The predicted molar refractivity (Wildman–Crippen MR) is 84.6 cm³/mol. The highest BCUT2D eigenvalue weighted by molar-refractivity contribution is 7.07. The van der Waals surface area contributed by atoms with E-state index >= 15 is 0 Å². The number of amides is 1. The molecule has 0 atom stereocenters. The van der Waals surface area contributed by atoms with E-state index in [1.165, 1.54) is 5.56 Å². The maximum absolute atomic E-state index is 12.7. The largest absolute Gasteiger partial charge is 0.496 e. The first-order chi connectivity index (χ1) is 10.3. The Labute approximate surface area is 129 Å². The van der Waals surface area contributed by atoms with Crippen LogP contribution in [0.4, 0.5) is 0 Å². The number of hydrogen-bond acceptors (Lipinski definition) is 3. The number of rotatable bonds is 6. The summed E-state index contributed by atoms with van der Waals surface area (Å²) in [7, 11) is 1.65. The van der Waals surface area contributed by atoms with Gasteiger partial charge in [-0.05, 0) is 41.3 Å². The van der Waals surface area contributed by atoms with Crippen LogP contribution in [0.1, 0.15) is 24.0 Å². The van der Waals surface area contributed by atoms with Gasteiger partial charge >= 0.3 is 0 Å². The minimum atomic E-state index is 0.188. The van der Waals surface area contributed by atoms with Crippen molar-refractivity contribution in [3.05, 3.63) is 52.2 Å². The van der Waals surface area contributed by atoms with Crippen LogP contribution in [0.3, 0.4) is 0 Å². The van der Waals surface area contributed by atoms with Crippen LogP contribution in [-0.4, -0.2) is 24.0 Å². The van der Waals surface area contributed by atoms with Gasteiger partial charge in [-0.15, -0.1) is 0 Å². The molecule has 0 spiro atoms. The Morgan fingerprint density at radius 2 is 2.14 bits per heavy atom. The van der Waals surface area contributed by atoms with E-state index < -0.39 is 0 Å². The third-order valence-electron chi connectivity index (χ3n) is 3.78. The minimum Gasteiger partial charge on any atom is -0.496 e. The molecule has 0 aliphatic heterocycles. The van der Waals surface area contributed by atoms with Crippen molar-refractivity contribution in [3.8, 4) is 5.75 Å². The number of ether oxygens (including phenoxy) is 1. The first-order valence-corrected chi connectivity index (χ1v) is 8.14. The highest BCUT2D eigenvalue weighted by Gasteiger charge is 2.32. The molecule has 2 aromatic rings. The maximum Gasteiger partial charge on any atom is 0.227 e. The smallest absolute Gasteiger partial charge is 0.227 e. The third-order valence-corrected chi connectivity index (χ3v) is 4.51. The molecule has 0 radical (unpaired) electrons. The van der Waals surface area contributed by atoms with Crippen LogP contribution in [0.25, 0.3) is 0 Å². The van der Waals surface area contributed by atoms with Crippen molar-refractivity contribution in [3.63, 3.8) is 0 Å². The molecule has 110 valence electrons. The number of thiophene rings is 1. The molecule has 3 nitrogen and oxygen atoms in total. The molecule has 0 N–H and O–H groups in total. The van der Waals surface area contributed by atoms with Gasteiger partial charge in [0.05, 0.1) is 13.5 Å². The number of carbonyl (C=O) groups excluding carboxylic acids is 1. The molecule has 21 heavy (non-hydrogen) atoms. The van der Waals surface area contributed by atoms with Crippen LogP contribution in [0.2, 0.25) is 0 Å². The second-order valence-electron chi connectivity index (χ2n) is 5.37. The van der Waals surface area contributed by atoms with Gasteiger partial charge in [-0.3, -0.25) is 4.79 Å². The number of hydrogen-bond donors (Lipinski definition) is 0. The van der Waals surface area contributed by atoms with E-state index in [9.17, 15) is 4.79 Å². The van der Waals surface area contributed by atoms with E-state index in [2.05, 4.69) is 16.8 Å². The minimum absolute atomic E-state index is 0.188. The average Bonchev–Trinajstić information content (AvgIpc) is 3.21. The molecule has 1 aliphatic rings. The SMILES string of the molecule is COc1ccccc1CC(=O)N(Cc1ccsc1)C1CC1. The van der Waals surface area contributed by atoms with E-state index in [-0.39, 0.29) is 5.91 Å². The van der Waals surface area contributed by atoms with Crippen molar-refractivity contribution in [2.45, 2.75) is 31.8 Å². The van der Waals surface area contributed by atoms with E-state index in [0.29, 0.717) is 12.5 Å². The number of carbonyl (C=O) groups is 1. The third kappa shape index (κ3) is 3.45. The molecular formula is C17H19NO2S. The predicted octanol–water partition coefficient (Wildman–Crippen LogP) is 3.49. The van der Waals surface area contributed by atoms with Gasteiger partial charge < -0.3 is 9.64 Å². The van der Waals surface area contributed by atoms with Gasteiger partial charge in [0.2, 0.25) is 5.91 Å². The highest BCUT2D eigenvalue weighted by Crippen LogP contribution is 2.30. The van der Waals surface area contributed by atoms with E-state index in [0.717, 1.165) is 30.7 Å². The van der Waals surface area contributed by atoms with E-state index in [1.807, 2.05) is 29.2 Å². The number of nitrogens with zero attached hydrogens (tertiary/aromatic N) is 1. The second kappa shape index (κ2) is 6.31. The molecule has 0 saturated heterocycles. The number of benzene rings is 1. The number of methoxy groups -OCH3 is 1. The monoisotopic (exact) mass is 301 g/mol. The van der Waals surface area contributed by atoms with Crippen LogP contribution in [0, 0.1) is 0 Å². The summed E-state index contributed by atoms with van der Waals surface area (Å²) < 4.78 is 5.34. The normalized spacial score (nSPS) is 14.0. The molecule has 3 rings (SSSR count). The van der Waals surface area contributed by atoms with Crippen molar-refractivity contribution in [1.29, 1.82) is 0 Å². The molecule has 1 aromatic carbocycles. The Hall–Kier alpha value is -1.81. The molecule has 1 aromatic heterocycles. The van der Waals surface area contributed by atoms with Crippen LogP contribution < -0.4 is 4.74 Å². The molecule has 1 aliphatic carbocycles. The summed E-state index contributed by atoms with van der Waals surface area (Å²) in [6.07, 6.45) is 2.66. The van der Waals surface area contributed by atoms with Crippen molar-refractivity contribution in [1.82, 2.24) is 4.90 Å². The molecule has 0 unspecified atom stereocenters. The Bertz CT molecular complexity index is 605. The molecular weight excluding hydrogens is 282 g/mol. The fraction of sp³-hybridized carbons (Fsp3) is 0.353. The lowest BCUT2D eigenvalue weighted by molar-refractivity contribution is -0.131. The average molecular weight is 301 g/mol. The molecule has 1 saturated carbocycles. The van der Waals surface area contributed by atoms with Crippen molar-refractivity contribution in [2.24, 2.45) is 0 Å².